The van der Waals surface area contributed by atoms with Crippen molar-refractivity contribution in [2.24, 2.45) is 0 Å². The van der Waals surface area contributed by atoms with Crippen LogP contribution in [0.1, 0.15) is 43.2 Å². The number of fused-ring (bicyclic) bond motifs is 2. The third-order valence-electron chi connectivity index (χ3n) is 16.9. The van der Waals surface area contributed by atoms with Crippen molar-refractivity contribution >= 4 is 44.6 Å². The van der Waals surface area contributed by atoms with Crippen molar-refractivity contribution in [2.45, 2.75) is 37.5 Å². The highest BCUT2D eigenvalue weighted by atomic mass is 31.2. The summed E-state index contributed by atoms with van der Waals surface area (Å²) in [6.45, 7) is 0. The summed E-state index contributed by atoms with van der Waals surface area (Å²) >= 11 is 0. The molecule has 0 amide bonds. The molecule has 0 radical (unpaired) electrons. The van der Waals surface area contributed by atoms with Crippen molar-refractivity contribution in [1.82, 2.24) is 15.0 Å². The smallest absolute Gasteiger partial charge is 0.172 e. The zero-order chi connectivity index (χ0) is 54.9. The molecule has 1 aliphatic rings. The topological polar surface area (TPSA) is 55.7 Å². The molecule has 0 N–H and O–H groups in total. The molecule has 0 unspecified atom stereocenters. The summed E-state index contributed by atoms with van der Waals surface area (Å²) in [5, 5.41) is 6.75. The second-order valence-corrected chi connectivity index (χ2v) is 24.3. The standard InChI is InChI=1S/C77H58N3OP/c81-82(64-29-10-3-11-30-64,65-31-12-4-13-32-65)73-70-37-18-16-35-68(70)72(69-36-17-19-38-71(69)73)57-43-47-62(48-44-57)77(51-20-5-21-52-77)63-49-45-59(46-50-63)75-78-74(79-76(80-75)61-28-22-27-60(53-61)54-23-6-1-7-24-54)58-41-39-56(40-42-58)67-34-15-14-33-66(67)55-25-8-2-9-26-55/h1-4,6-19,22-50,53H,5,20-21,51-52H2. The van der Waals surface area contributed by atoms with Crippen LogP contribution in [0.2, 0.25) is 0 Å². The fraction of sp³-hybridized carbons (Fsp3) is 0.0779. The Bertz CT molecular complexity index is 4370. The summed E-state index contributed by atoms with van der Waals surface area (Å²) in [5.41, 5.74) is 14.5. The Balaban J connectivity index is 0.840. The van der Waals surface area contributed by atoms with Crippen LogP contribution in [-0.4, -0.2) is 15.0 Å². The molecule has 0 aliphatic heterocycles. The van der Waals surface area contributed by atoms with E-state index in [0.29, 0.717) is 17.5 Å². The van der Waals surface area contributed by atoms with E-state index >= 15 is 4.57 Å². The van der Waals surface area contributed by atoms with Gasteiger partial charge in [0.25, 0.3) is 0 Å². The second kappa shape index (κ2) is 21.8. The average molecular weight is 1070 g/mol. The van der Waals surface area contributed by atoms with Gasteiger partial charge in [0.1, 0.15) is 0 Å². The fourth-order valence-electron chi connectivity index (χ4n) is 12.9. The summed E-state index contributed by atoms with van der Waals surface area (Å²) in [5.74, 6) is 1.88. The maximum atomic E-state index is 16.3. The number of benzene rings is 12. The van der Waals surface area contributed by atoms with Crippen LogP contribution < -0.4 is 15.9 Å². The van der Waals surface area contributed by atoms with Crippen molar-refractivity contribution in [3.63, 3.8) is 0 Å². The van der Waals surface area contributed by atoms with E-state index < -0.39 is 7.14 Å². The van der Waals surface area contributed by atoms with Gasteiger partial charge in [0.05, 0.1) is 0 Å². The van der Waals surface area contributed by atoms with E-state index in [1.807, 2.05) is 66.7 Å². The maximum absolute atomic E-state index is 16.3. The zero-order valence-corrected chi connectivity index (χ0v) is 46.3. The van der Waals surface area contributed by atoms with Crippen molar-refractivity contribution < 1.29 is 4.57 Å². The molecule has 1 fully saturated rings. The lowest BCUT2D eigenvalue weighted by atomic mass is 9.65. The third-order valence-corrected chi connectivity index (χ3v) is 20.1. The molecule has 13 aromatic rings. The molecule has 4 nitrogen and oxygen atoms in total. The SMILES string of the molecule is O=P(c1ccccc1)(c1ccccc1)c1c2ccccc2c(-c2ccc(C3(c4ccc(-c5nc(-c6ccc(-c7ccccc7-c7ccccc7)cc6)nc(-c6cccc(-c7ccccc7)c6)n5)cc4)CCCCC3)cc2)c2ccccc12. The Labute approximate surface area is 479 Å². The number of hydrogen-bond donors (Lipinski definition) is 0. The molecule has 14 rings (SSSR count). The first-order valence-corrected chi connectivity index (χ1v) is 30.3. The first kappa shape index (κ1) is 50.6. The Hall–Kier alpha value is -9.60. The minimum Gasteiger partial charge on any atom is -0.309 e. The molecule has 1 aromatic heterocycles. The molecule has 12 aromatic carbocycles. The lowest BCUT2D eigenvalue weighted by Gasteiger charge is -2.39. The predicted molar refractivity (Wildman–Crippen MR) is 343 cm³/mol. The Morgan fingerprint density at radius 1 is 0.293 bits per heavy atom. The van der Waals surface area contributed by atoms with Crippen LogP contribution in [0.15, 0.2) is 291 Å². The second-order valence-electron chi connectivity index (χ2n) is 21.6. The largest absolute Gasteiger partial charge is 0.309 e. The third kappa shape index (κ3) is 9.26. The minimum absolute atomic E-state index is 0.171. The molecule has 1 heterocycles. The van der Waals surface area contributed by atoms with Gasteiger partial charge in [-0.15, -0.1) is 0 Å². The number of rotatable bonds is 12. The van der Waals surface area contributed by atoms with E-state index in [0.717, 1.165) is 108 Å². The van der Waals surface area contributed by atoms with Gasteiger partial charge in [0, 0.05) is 38.0 Å². The number of aromatic nitrogens is 3. The Kier molecular flexibility index (Phi) is 13.5. The summed E-state index contributed by atoms with van der Waals surface area (Å²) in [6.07, 6.45) is 5.65. The van der Waals surface area contributed by atoms with E-state index in [2.05, 4.69) is 224 Å². The summed E-state index contributed by atoms with van der Waals surface area (Å²) in [6, 6.07) is 103. The van der Waals surface area contributed by atoms with Crippen LogP contribution in [0.4, 0.5) is 0 Å². The van der Waals surface area contributed by atoms with Crippen LogP contribution in [0.5, 0.6) is 0 Å². The van der Waals surface area contributed by atoms with Gasteiger partial charge in [-0.3, -0.25) is 0 Å². The first-order chi connectivity index (χ1) is 40.5. The normalized spacial score (nSPS) is 13.3. The minimum atomic E-state index is -3.35. The summed E-state index contributed by atoms with van der Waals surface area (Å²) < 4.78 is 16.3. The zero-order valence-electron chi connectivity index (χ0n) is 45.4. The fourth-order valence-corrected chi connectivity index (χ4v) is 15.9. The molecule has 1 aliphatic carbocycles. The van der Waals surface area contributed by atoms with Crippen molar-refractivity contribution in [1.29, 1.82) is 0 Å². The molecular formula is C77H58N3OP. The van der Waals surface area contributed by atoms with Crippen LogP contribution in [-0.2, 0) is 9.98 Å². The number of hydrogen-bond acceptors (Lipinski definition) is 4. The highest BCUT2D eigenvalue weighted by Crippen LogP contribution is 2.50. The highest BCUT2D eigenvalue weighted by Gasteiger charge is 2.37. The summed E-state index contributed by atoms with van der Waals surface area (Å²) in [7, 11) is -3.35. The van der Waals surface area contributed by atoms with Crippen LogP contribution in [0, 0.1) is 0 Å². The van der Waals surface area contributed by atoms with Gasteiger partial charge in [0.15, 0.2) is 24.6 Å². The van der Waals surface area contributed by atoms with Crippen molar-refractivity contribution in [2.75, 3.05) is 0 Å². The lowest BCUT2D eigenvalue weighted by Crippen LogP contribution is -2.30. The molecule has 0 spiro atoms. The molecular weight excluding hydrogens is 1010 g/mol. The molecule has 0 atom stereocenters. The van der Waals surface area contributed by atoms with Gasteiger partial charge in [-0.25, -0.2) is 15.0 Å². The van der Waals surface area contributed by atoms with E-state index in [-0.39, 0.29) is 5.41 Å². The maximum Gasteiger partial charge on any atom is 0.172 e. The van der Waals surface area contributed by atoms with Gasteiger partial charge >= 0.3 is 0 Å². The van der Waals surface area contributed by atoms with Crippen molar-refractivity contribution in [3.8, 4) is 78.7 Å². The van der Waals surface area contributed by atoms with Crippen LogP contribution in [0.25, 0.3) is 100 Å². The molecule has 0 saturated heterocycles. The summed E-state index contributed by atoms with van der Waals surface area (Å²) in [4.78, 5) is 15.7. The lowest BCUT2D eigenvalue weighted by molar-refractivity contribution is 0.346. The van der Waals surface area contributed by atoms with E-state index in [1.165, 1.54) is 34.2 Å². The van der Waals surface area contributed by atoms with Gasteiger partial charge < -0.3 is 4.57 Å². The molecule has 5 heteroatoms. The van der Waals surface area contributed by atoms with Gasteiger partial charge in [-0.1, -0.05) is 304 Å². The quantitative estimate of drug-likeness (QED) is 0.0904. The van der Waals surface area contributed by atoms with Crippen LogP contribution in [0.3, 0.4) is 0 Å². The van der Waals surface area contributed by atoms with E-state index in [1.54, 1.807) is 0 Å². The Morgan fingerprint density at radius 3 is 1.17 bits per heavy atom. The molecule has 392 valence electrons. The molecule has 1 saturated carbocycles. The van der Waals surface area contributed by atoms with Gasteiger partial charge in [-0.05, 0) is 96.1 Å². The van der Waals surface area contributed by atoms with E-state index in [4.69, 9.17) is 15.0 Å². The molecule has 82 heavy (non-hydrogen) atoms. The van der Waals surface area contributed by atoms with Gasteiger partial charge in [-0.2, -0.15) is 0 Å². The Morgan fingerprint density at radius 2 is 0.659 bits per heavy atom. The van der Waals surface area contributed by atoms with Crippen LogP contribution >= 0.6 is 7.14 Å². The van der Waals surface area contributed by atoms with E-state index in [9.17, 15) is 0 Å². The first-order valence-electron chi connectivity index (χ1n) is 28.6. The number of nitrogens with zero attached hydrogens (tertiary/aromatic N) is 3. The highest BCUT2D eigenvalue weighted by molar-refractivity contribution is 7.86. The van der Waals surface area contributed by atoms with Crippen molar-refractivity contribution in [3.05, 3.63) is 302 Å². The molecule has 0 bridgehead atoms. The monoisotopic (exact) mass is 1070 g/mol. The average Bonchev–Trinajstić information content (AvgIpc) is 2.64. The predicted octanol–water partition coefficient (Wildman–Crippen LogP) is 18.7. The van der Waals surface area contributed by atoms with Gasteiger partial charge in [0.2, 0.25) is 0 Å².